The van der Waals surface area contributed by atoms with Crippen LogP contribution in [-0.4, -0.2) is 156 Å². The van der Waals surface area contributed by atoms with E-state index in [0.29, 0.717) is 19.8 Å². The maximum Gasteiger partial charge on any atom is 0.697 e. The average Bonchev–Trinajstić information content (AvgIpc) is 0.849. The standard InChI is InChI=1S/C25H53O8P2.C23H50O9P2.C23H48O5P/c1-5-6-7-8-9-10-11-12-13-14-15-16-17-18-19-20-21-32-22-24(29-2)23-33-35(28,31-4)25(26)34(27)30-3;1-3-4-5-6-7-8-9-10-11-12-13-14-15-16-17-18-19-31-20-22(30-2)21-32-34(28,29)23(24)33(25,26)27;1-4-5-6-7-8-9-10-11-12-13-14-15-16-17-18-19-20-27-21-23(25-2)22-28-29(24)26-3/h24-26H,5-23H2,1-4H3;22-24H,3-21H2,1-2H3,(H,28,29)(H2,25,26,27);23H,4-22H2,1-3H3/q+1;;+1/t24-,25?,35?;22-,23?;23-/m111/s1. The Labute approximate surface area is 600 Å². The summed E-state index contributed by atoms with van der Waals surface area (Å²) in [5.41, 5.74) is -4.63. The third kappa shape index (κ3) is 69.3. The summed E-state index contributed by atoms with van der Waals surface area (Å²) in [6.07, 6.45) is 62.6. The summed E-state index contributed by atoms with van der Waals surface area (Å²) >= 11 is 0. The minimum atomic E-state index is -5.16. The molecule has 0 aromatic rings. The van der Waals surface area contributed by atoms with Gasteiger partial charge in [0.25, 0.3) is 5.59 Å². The monoisotopic (exact) mass is 1510 g/mol. The average molecular weight is 1510 g/mol. The summed E-state index contributed by atoms with van der Waals surface area (Å²) in [6.45, 7) is 9.21. The molecule has 27 heteroatoms. The van der Waals surface area contributed by atoms with Crippen LogP contribution in [0.25, 0.3) is 0 Å². The summed E-state index contributed by atoms with van der Waals surface area (Å²) in [6, 6.07) is 0. The van der Waals surface area contributed by atoms with Crippen molar-refractivity contribution < 1.29 is 103 Å². The van der Waals surface area contributed by atoms with E-state index in [2.05, 4.69) is 34.3 Å². The van der Waals surface area contributed by atoms with Crippen LogP contribution in [0.2, 0.25) is 0 Å². The van der Waals surface area contributed by atoms with E-state index in [1.54, 1.807) is 7.11 Å². The highest BCUT2D eigenvalue weighted by Crippen LogP contribution is 2.61. The highest BCUT2D eigenvalue weighted by molar-refractivity contribution is 7.70. The van der Waals surface area contributed by atoms with Crippen LogP contribution in [0.15, 0.2) is 0 Å². The van der Waals surface area contributed by atoms with E-state index in [0.717, 1.165) is 52.9 Å². The van der Waals surface area contributed by atoms with Gasteiger partial charge in [-0.2, -0.15) is 0 Å². The largest absolute Gasteiger partial charge is 0.697 e. The first-order valence-corrected chi connectivity index (χ1v) is 45.8. The predicted octanol–water partition coefficient (Wildman–Crippen LogP) is 21.3. The third-order valence-corrected chi connectivity index (χ3v) is 25.1. The highest BCUT2D eigenvalue weighted by atomic mass is 31.2. The van der Waals surface area contributed by atoms with Gasteiger partial charge in [-0.15, -0.1) is 13.6 Å². The van der Waals surface area contributed by atoms with Gasteiger partial charge in [0.1, 0.15) is 24.9 Å². The molecular formula is C71H151O22P5+2. The quantitative estimate of drug-likeness (QED) is 0.0279. The smallest absolute Gasteiger partial charge is 0.379 e. The Balaban J connectivity index is -0.00000139. The first-order valence-electron chi connectivity index (χ1n) is 38.5. The first-order chi connectivity index (χ1) is 47.3. The molecule has 0 aliphatic heterocycles. The van der Waals surface area contributed by atoms with Gasteiger partial charge >= 0.3 is 44.7 Å². The van der Waals surface area contributed by atoms with Crippen LogP contribution in [0.4, 0.5) is 0 Å². The van der Waals surface area contributed by atoms with Crippen molar-refractivity contribution in [2.24, 2.45) is 0 Å². The number of hydrogen-bond acceptors (Lipinski definition) is 19. The maximum absolute atomic E-state index is 12.5. The molecule has 0 rings (SSSR count). The SMILES string of the molecule is CCCCCCCCCCCCCCCCCCOC[C@H](COP(=O)(O)C(O)P(=O)(O)O)OC.CCCCCCCCCCCCCCCCCCOC[C@H](COP(=O)(OC)C(O)[P+](=O)OC)OC.CCCCCCCCCCCCCCCCCCOC[C@H](CO[P+](=O)OC)OC. The molecule has 0 radical (unpaired) electrons. The number of aliphatic hydroxyl groups is 2. The Bertz CT molecular complexity index is 1830. The molecule has 0 saturated heterocycles. The summed E-state index contributed by atoms with van der Waals surface area (Å²) in [5.74, 6) is 0. The fourth-order valence-electron chi connectivity index (χ4n) is 10.7. The van der Waals surface area contributed by atoms with Crippen molar-refractivity contribution in [3.63, 3.8) is 0 Å². The van der Waals surface area contributed by atoms with E-state index < -0.39 is 69.1 Å². The van der Waals surface area contributed by atoms with Crippen molar-refractivity contribution in [2.45, 2.75) is 358 Å². The lowest BCUT2D eigenvalue weighted by Crippen LogP contribution is -2.25. The zero-order chi connectivity index (χ0) is 73.3. The Hall–Kier alpha value is 0.210. The molecular weight excluding hydrogens is 1360 g/mol. The minimum Gasteiger partial charge on any atom is -0.379 e. The molecule has 22 nitrogen and oxygen atoms in total. The molecule has 0 spiro atoms. The fourth-order valence-corrected chi connectivity index (χ4v) is 16.0. The first kappa shape index (κ1) is 102. The van der Waals surface area contributed by atoms with E-state index in [4.69, 9.17) is 51.8 Å². The van der Waals surface area contributed by atoms with Crippen LogP contribution in [0.5, 0.6) is 0 Å². The Morgan fingerprint density at radius 2 is 0.571 bits per heavy atom. The molecule has 0 bridgehead atoms. The van der Waals surface area contributed by atoms with Crippen LogP contribution in [0.3, 0.4) is 0 Å². The normalized spacial score (nSPS) is 14.9. The van der Waals surface area contributed by atoms with Crippen molar-refractivity contribution in [1.29, 1.82) is 0 Å². The number of ether oxygens (including phenoxy) is 6. The van der Waals surface area contributed by atoms with Crippen molar-refractivity contribution in [3.05, 3.63) is 0 Å². The van der Waals surface area contributed by atoms with E-state index >= 15 is 0 Å². The van der Waals surface area contributed by atoms with Crippen LogP contribution >= 0.6 is 39.1 Å². The predicted molar refractivity (Wildman–Crippen MR) is 399 cm³/mol. The molecule has 6 unspecified atom stereocenters. The summed E-state index contributed by atoms with van der Waals surface area (Å²) in [4.78, 5) is 27.1. The molecule has 0 aliphatic rings. The zero-order valence-electron chi connectivity index (χ0n) is 63.6. The maximum atomic E-state index is 12.5. The number of hydrogen-bond donors (Lipinski definition) is 5. The van der Waals surface area contributed by atoms with Crippen LogP contribution in [0, 0.1) is 0 Å². The Morgan fingerprint density at radius 1 is 0.327 bits per heavy atom. The van der Waals surface area contributed by atoms with Gasteiger partial charge < -0.3 is 66.9 Å². The van der Waals surface area contributed by atoms with E-state index in [9.17, 15) is 37.9 Å². The third-order valence-electron chi connectivity index (χ3n) is 17.2. The van der Waals surface area contributed by atoms with E-state index in [1.165, 1.54) is 297 Å². The number of aliphatic hydroxyl groups excluding tert-OH is 2. The second kappa shape index (κ2) is 76.8. The van der Waals surface area contributed by atoms with Crippen LogP contribution in [0.1, 0.15) is 329 Å². The van der Waals surface area contributed by atoms with Gasteiger partial charge in [0, 0.05) is 52.8 Å². The van der Waals surface area contributed by atoms with Gasteiger partial charge in [0.05, 0.1) is 47.3 Å². The van der Waals surface area contributed by atoms with Crippen LogP contribution in [-0.2, 0) is 78.4 Å². The molecule has 0 amide bonds. The van der Waals surface area contributed by atoms with Crippen LogP contribution < -0.4 is 0 Å². The second-order valence-corrected chi connectivity index (χ2v) is 35.1. The van der Waals surface area contributed by atoms with Gasteiger partial charge in [-0.1, -0.05) is 310 Å². The molecule has 5 N–H and O–H groups in total. The summed E-state index contributed by atoms with van der Waals surface area (Å²) < 4.78 is 119. The topological polar surface area (TPSA) is 297 Å². The molecule has 590 valence electrons. The van der Waals surface area contributed by atoms with Gasteiger partial charge in [-0.25, -0.2) is 0 Å². The molecule has 98 heavy (non-hydrogen) atoms. The number of unbranched alkanes of at least 4 members (excludes halogenated alkanes) is 45. The molecule has 0 saturated carbocycles. The van der Waals surface area contributed by atoms with Crippen molar-refractivity contribution >= 4 is 39.1 Å². The van der Waals surface area contributed by atoms with Crippen molar-refractivity contribution in [3.8, 4) is 0 Å². The molecule has 0 aromatic carbocycles. The highest BCUT2D eigenvalue weighted by Gasteiger charge is 2.50. The van der Waals surface area contributed by atoms with Gasteiger partial charge in [-0.05, 0) is 23.8 Å². The molecule has 0 aromatic heterocycles. The van der Waals surface area contributed by atoms with Gasteiger partial charge in [0.2, 0.25) is 0 Å². The van der Waals surface area contributed by atoms with E-state index in [1.807, 2.05) is 0 Å². The number of methoxy groups -OCH3 is 3. The van der Waals surface area contributed by atoms with Gasteiger partial charge in [0.15, 0.2) is 0 Å². The fraction of sp³-hybridized carbons (Fsp3) is 1.00. The molecule has 0 fully saturated rings. The lowest BCUT2D eigenvalue weighted by atomic mass is 10.0. The summed E-state index contributed by atoms with van der Waals surface area (Å²) in [5, 5.41) is 19.1. The minimum absolute atomic E-state index is 0.112. The van der Waals surface area contributed by atoms with Crippen molar-refractivity contribution in [2.75, 3.05) is 102 Å². The molecule has 0 aliphatic carbocycles. The van der Waals surface area contributed by atoms with E-state index in [-0.39, 0.29) is 32.5 Å². The lowest BCUT2D eigenvalue weighted by Gasteiger charge is -2.21. The number of rotatable bonds is 76. The van der Waals surface area contributed by atoms with Crippen molar-refractivity contribution in [1.82, 2.24) is 0 Å². The molecule has 9 atom stereocenters. The Morgan fingerprint density at radius 3 is 0.796 bits per heavy atom. The zero-order valence-corrected chi connectivity index (χ0v) is 68.1. The lowest BCUT2D eigenvalue weighted by molar-refractivity contribution is -0.0187. The second-order valence-electron chi connectivity index (χ2n) is 26.0. The Kier molecular flexibility index (Phi) is 80.3. The molecule has 0 heterocycles. The van der Waals surface area contributed by atoms with Gasteiger partial charge in [-0.3, -0.25) is 13.7 Å². The summed E-state index contributed by atoms with van der Waals surface area (Å²) in [7, 11) is -10.6.